The number of carbonyl (C=O) groups is 1. The number of carbonyl (C=O) groups excluding carboxylic acids is 1. The Morgan fingerprint density at radius 2 is 1.80 bits per heavy atom. The number of halogens is 1. The number of benzene rings is 1. The predicted molar refractivity (Wildman–Crippen MR) is 99.7 cm³/mol. The Bertz CT molecular complexity index is 857. The van der Waals surface area contributed by atoms with E-state index in [1.807, 2.05) is 0 Å². The van der Waals surface area contributed by atoms with E-state index in [9.17, 15) is 13.2 Å². The summed E-state index contributed by atoms with van der Waals surface area (Å²) >= 11 is 4.80. The Balaban J connectivity index is 1.67. The molecule has 1 aromatic heterocycles. The average molecular weight is 445 g/mol. The van der Waals surface area contributed by atoms with Crippen LogP contribution in [0.1, 0.15) is 10.4 Å². The van der Waals surface area contributed by atoms with Gasteiger partial charge in [0.25, 0.3) is 5.91 Å². The number of methoxy groups -OCH3 is 1. The first-order valence-corrected chi connectivity index (χ1v) is 10.7. The van der Waals surface area contributed by atoms with Crippen LogP contribution in [0.4, 0.5) is 0 Å². The molecule has 0 N–H and O–H groups in total. The summed E-state index contributed by atoms with van der Waals surface area (Å²) in [6, 6.07) is 8.11. The van der Waals surface area contributed by atoms with Crippen molar-refractivity contribution < 1.29 is 17.9 Å². The van der Waals surface area contributed by atoms with Crippen molar-refractivity contribution in [2.45, 2.75) is 4.90 Å². The third kappa shape index (κ3) is 3.89. The number of rotatable bonds is 4. The normalized spacial score (nSPS) is 16.0. The first kappa shape index (κ1) is 18.4. The lowest BCUT2D eigenvalue weighted by atomic mass is 10.2. The van der Waals surface area contributed by atoms with Gasteiger partial charge >= 0.3 is 0 Å². The maximum Gasteiger partial charge on any atom is 0.254 e. The van der Waals surface area contributed by atoms with Gasteiger partial charge in [0.1, 0.15) is 5.75 Å². The van der Waals surface area contributed by atoms with Gasteiger partial charge in [0.15, 0.2) is 0 Å². The van der Waals surface area contributed by atoms with Gasteiger partial charge in [-0.15, -0.1) is 11.3 Å². The molecule has 2 heterocycles. The molecule has 6 nitrogen and oxygen atoms in total. The molecule has 0 bridgehead atoms. The highest BCUT2D eigenvalue weighted by molar-refractivity contribution is 9.11. The van der Waals surface area contributed by atoms with Gasteiger partial charge in [-0.1, -0.05) is 0 Å². The summed E-state index contributed by atoms with van der Waals surface area (Å²) in [5, 5.41) is 1.80. The summed E-state index contributed by atoms with van der Waals surface area (Å²) in [4.78, 5) is 14.4. The van der Waals surface area contributed by atoms with Crippen LogP contribution in [0.15, 0.2) is 44.4 Å². The molecule has 1 aliphatic rings. The minimum Gasteiger partial charge on any atom is -0.497 e. The van der Waals surface area contributed by atoms with Crippen molar-refractivity contribution in [1.82, 2.24) is 9.21 Å². The van der Waals surface area contributed by atoms with E-state index in [0.717, 1.165) is 3.79 Å². The third-order valence-corrected chi connectivity index (χ3v) is 7.45. The van der Waals surface area contributed by atoms with Crippen LogP contribution >= 0.6 is 27.3 Å². The minimum absolute atomic E-state index is 0.0663. The van der Waals surface area contributed by atoms with Crippen LogP contribution in [0.25, 0.3) is 0 Å². The van der Waals surface area contributed by atoms with Crippen LogP contribution in [0.3, 0.4) is 0 Å². The molecule has 0 spiro atoms. The molecule has 0 radical (unpaired) electrons. The standard InChI is InChI=1S/C16H17BrN2O4S2/c1-23-13-2-4-14(5-3-13)25(21,22)19-8-6-18(7-9-19)16(20)12-10-15(17)24-11-12/h2-5,10-11H,6-9H2,1H3. The van der Waals surface area contributed by atoms with E-state index >= 15 is 0 Å². The van der Waals surface area contributed by atoms with E-state index in [2.05, 4.69) is 15.9 Å². The third-order valence-electron chi connectivity index (χ3n) is 4.04. The minimum atomic E-state index is -3.56. The SMILES string of the molecule is COc1ccc(S(=O)(=O)N2CCN(C(=O)c3csc(Br)c3)CC2)cc1. The molecule has 0 atom stereocenters. The summed E-state index contributed by atoms with van der Waals surface area (Å²) in [7, 11) is -2.03. The van der Waals surface area contributed by atoms with Gasteiger partial charge in [0.2, 0.25) is 10.0 Å². The highest BCUT2D eigenvalue weighted by Crippen LogP contribution is 2.24. The monoisotopic (exact) mass is 444 g/mol. The zero-order chi connectivity index (χ0) is 18.0. The molecule has 134 valence electrons. The lowest BCUT2D eigenvalue weighted by Crippen LogP contribution is -2.50. The maximum atomic E-state index is 12.7. The first-order valence-electron chi connectivity index (χ1n) is 7.59. The van der Waals surface area contributed by atoms with Crippen LogP contribution in [0, 0.1) is 0 Å². The van der Waals surface area contributed by atoms with E-state index in [-0.39, 0.29) is 23.9 Å². The van der Waals surface area contributed by atoms with Crippen molar-refractivity contribution in [1.29, 1.82) is 0 Å². The number of ether oxygens (including phenoxy) is 1. The Labute approximate surface area is 159 Å². The van der Waals surface area contributed by atoms with Crippen LogP contribution in [-0.4, -0.2) is 56.8 Å². The fourth-order valence-corrected chi connectivity index (χ4v) is 5.19. The lowest BCUT2D eigenvalue weighted by molar-refractivity contribution is 0.0698. The van der Waals surface area contributed by atoms with Gasteiger partial charge in [-0.05, 0) is 46.3 Å². The second kappa shape index (κ2) is 7.45. The van der Waals surface area contributed by atoms with Gasteiger partial charge < -0.3 is 9.64 Å². The van der Waals surface area contributed by atoms with Crippen molar-refractivity contribution in [3.63, 3.8) is 0 Å². The number of nitrogens with zero attached hydrogens (tertiary/aromatic N) is 2. The highest BCUT2D eigenvalue weighted by atomic mass is 79.9. The van der Waals surface area contributed by atoms with Crippen LogP contribution in [0.5, 0.6) is 5.75 Å². The summed E-state index contributed by atoms with van der Waals surface area (Å²) in [6.45, 7) is 1.32. The van der Waals surface area contributed by atoms with Crippen molar-refractivity contribution in [2.24, 2.45) is 0 Å². The van der Waals surface area contributed by atoms with E-state index in [1.54, 1.807) is 28.5 Å². The van der Waals surface area contributed by atoms with E-state index in [1.165, 1.54) is 34.9 Å². The van der Waals surface area contributed by atoms with Gasteiger partial charge in [0, 0.05) is 31.6 Å². The second-order valence-corrected chi connectivity index (χ2v) is 9.74. The van der Waals surface area contributed by atoms with Crippen LogP contribution in [-0.2, 0) is 10.0 Å². The highest BCUT2D eigenvalue weighted by Gasteiger charge is 2.30. The van der Waals surface area contributed by atoms with Crippen molar-refractivity contribution in [2.75, 3.05) is 33.3 Å². The molecule has 3 rings (SSSR count). The van der Waals surface area contributed by atoms with Crippen molar-refractivity contribution >= 4 is 43.2 Å². The largest absolute Gasteiger partial charge is 0.497 e. The molecule has 9 heteroatoms. The summed E-state index contributed by atoms with van der Waals surface area (Å²) < 4.78 is 32.8. The Morgan fingerprint density at radius 3 is 2.32 bits per heavy atom. The second-order valence-electron chi connectivity index (χ2n) is 5.51. The molecule has 0 aliphatic carbocycles. The zero-order valence-electron chi connectivity index (χ0n) is 13.5. The van der Waals surface area contributed by atoms with Crippen molar-refractivity contribution in [3.05, 3.63) is 45.1 Å². The number of piperazine rings is 1. The van der Waals surface area contributed by atoms with Gasteiger partial charge in [-0.3, -0.25) is 4.79 Å². The summed E-state index contributed by atoms with van der Waals surface area (Å²) in [6.07, 6.45) is 0. The quantitative estimate of drug-likeness (QED) is 0.726. The lowest BCUT2D eigenvalue weighted by Gasteiger charge is -2.33. The molecule has 25 heavy (non-hydrogen) atoms. The summed E-state index contributed by atoms with van der Waals surface area (Å²) in [5.41, 5.74) is 0.628. The van der Waals surface area contributed by atoms with Gasteiger partial charge in [-0.2, -0.15) is 4.31 Å². The number of thiophene rings is 1. The summed E-state index contributed by atoms with van der Waals surface area (Å²) in [5.74, 6) is 0.541. The Morgan fingerprint density at radius 1 is 1.16 bits per heavy atom. The number of hydrogen-bond donors (Lipinski definition) is 0. The zero-order valence-corrected chi connectivity index (χ0v) is 16.7. The average Bonchev–Trinajstić information content (AvgIpc) is 3.07. The molecule has 1 saturated heterocycles. The molecule has 0 unspecified atom stereocenters. The molecule has 1 amide bonds. The van der Waals surface area contributed by atoms with E-state index in [0.29, 0.717) is 24.4 Å². The molecular weight excluding hydrogens is 428 g/mol. The van der Waals surface area contributed by atoms with Crippen molar-refractivity contribution in [3.8, 4) is 5.75 Å². The number of amides is 1. The fourth-order valence-electron chi connectivity index (χ4n) is 2.63. The number of sulfonamides is 1. The fraction of sp³-hybridized carbons (Fsp3) is 0.312. The van der Waals surface area contributed by atoms with Crippen LogP contribution in [0.2, 0.25) is 0 Å². The predicted octanol–water partition coefficient (Wildman–Crippen LogP) is 2.67. The Kier molecular flexibility index (Phi) is 5.47. The maximum absolute atomic E-state index is 12.7. The van der Waals surface area contributed by atoms with Gasteiger partial charge in [-0.25, -0.2) is 8.42 Å². The first-order chi connectivity index (χ1) is 11.9. The topological polar surface area (TPSA) is 66.9 Å². The molecule has 1 aromatic carbocycles. The van der Waals surface area contributed by atoms with E-state index < -0.39 is 10.0 Å². The van der Waals surface area contributed by atoms with Gasteiger partial charge in [0.05, 0.1) is 21.4 Å². The van der Waals surface area contributed by atoms with E-state index in [4.69, 9.17) is 4.74 Å². The molecule has 1 fully saturated rings. The molecule has 2 aromatic rings. The molecule has 0 saturated carbocycles. The number of hydrogen-bond acceptors (Lipinski definition) is 5. The smallest absolute Gasteiger partial charge is 0.254 e. The molecule has 1 aliphatic heterocycles. The Hall–Kier alpha value is -1.42. The van der Waals surface area contributed by atoms with Crippen LogP contribution < -0.4 is 4.74 Å². The molecular formula is C16H17BrN2O4S2.